The van der Waals surface area contributed by atoms with Crippen molar-refractivity contribution in [1.82, 2.24) is 0 Å². The number of aliphatic carboxylic acids is 1. The Balaban J connectivity index is 3.33. The minimum absolute atomic E-state index is 0.341. The molecule has 1 unspecified atom stereocenters. The van der Waals surface area contributed by atoms with Crippen LogP contribution in [0, 0.1) is 13.8 Å². The third-order valence-corrected chi connectivity index (χ3v) is 2.43. The lowest BCUT2D eigenvalue weighted by Crippen LogP contribution is -2.22. The summed E-state index contributed by atoms with van der Waals surface area (Å²) < 4.78 is 0. The van der Waals surface area contributed by atoms with Gasteiger partial charge in [-0.1, -0.05) is 6.07 Å². The van der Waals surface area contributed by atoms with Crippen LogP contribution < -0.4 is 5.73 Å². The molecule has 0 aromatic heterocycles. The Morgan fingerprint density at radius 2 is 1.93 bits per heavy atom. The van der Waals surface area contributed by atoms with Gasteiger partial charge in [0.25, 0.3) is 0 Å². The largest absolute Gasteiger partial charge is 0.480 e. The molecule has 80 valence electrons. The summed E-state index contributed by atoms with van der Waals surface area (Å²) >= 11 is 0. The first-order valence-corrected chi connectivity index (χ1v) is 4.52. The first kappa shape index (κ1) is 11.4. The van der Waals surface area contributed by atoms with Crippen molar-refractivity contribution in [1.29, 1.82) is 0 Å². The number of aldehydes is 1. The molecule has 1 aromatic carbocycles. The number of aryl methyl sites for hydroxylation is 2. The number of carbonyl (C=O) groups excluding carboxylic acids is 1. The third kappa shape index (κ3) is 2.22. The Bertz CT molecular complexity index is 413. The Morgan fingerprint density at radius 1 is 1.40 bits per heavy atom. The van der Waals surface area contributed by atoms with Gasteiger partial charge < -0.3 is 10.8 Å². The lowest BCUT2D eigenvalue weighted by atomic mass is 9.96. The molecule has 0 amide bonds. The van der Waals surface area contributed by atoms with Crippen LogP contribution in [0.3, 0.4) is 0 Å². The number of benzene rings is 1. The van der Waals surface area contributed by atoms with E-state index < -0.39 is 12.0 Å². The van der Waals surface area contributed by atoms with Crippen molar-refractivity contribution >= 4 is 12.3 Å². The quantitative estimate of drug-likeness (QED) is 0.730. The summed E-state index contributed by atoms with van der Waals surface area (Å²) in [5, 5.41) is 8.77. The van der Waals surface area contributed by atoms with Gasteiger partial charge in [0.15, 0.2) is 0 Å². The van der Waals surface area contributed by atoms with Crippen LogP contribution in [-0.2, 0) is 4.79 Å². The van der Waals surface area contributed by atoms with Crippen molar-refractivity contribution in [3.8, 4) is 0 Å². The first-order valence-electron chi connectivity index (χ1n) is 4.52. The number of rotatable bonds is 3. The van der Waals surface area contributed by atoms with E-state index in [1.807, 2.05) is 13.8 Å². The zero-order valence-electron chi connectivity index (χ0n) is 8.65. The predicted molar refractivity (Wildman–Crippen MR) is 55.9 cm³/mol. The van der Waals surface area contributed by atoms with Crippen molar-refractivity contribution < 1.29 is 14.7 Å². The van der Waals surface area contributed by atoms with Gasteiger partial charge in [-0.2, -0.15) is 0 Å². The number of carboxylic acids is 1. The van der Waals surface area contributed by atoms with Crippen molar-refractivity contribution in [3.63, 3.8) is 0 Å². The minimum Gasteiger partial charge on any atom is -0.480 e. The van der Waals surface area contributed by atoms with Gasteiger partial charge in [-0.05, 0) is 36.6 Å². The maximum absolute atomic E-state index is 10.8. The smallest absolute Gasteiger partial charge is 0.325 e. The maximum Gasteiger partial charge on any atom is 0.325 e. The molecule has 3 N–H and O–H groups in total. The Morgan fingerprint density at radius 3 is 2.40 bits per heavy atom. The van der Waals surface area contributed by atoms with Crippen LogP contribution in [0.1, 0.15) is 33.1 Å². The van der Waals surface area contributed by atoms with Gasteiger partial charge in [-0.25, -0.2) is 0 Å². The van der Waals surface area contributed by atoms with E-state index in [-0.39, 0.29) is 0 Å². The average Bonchev–Trinajstić information content (AvgIpc) is 2.20. The van der Waals surface area contributed by atoms with E-state index >= 15 is 0 Å². The van der Waals surface area contributed by atoms with E-state index in [0.717, 1.165) is 11.1 Å². The third-order valence-electron chi connectivity index (χ3n) is 2.43. The van der Waals surface area contributed by atoms with Crippen LogP contribution in [0.5, 0.6) is 0 Å². The van der Waals surface area contributed by atoms with Crippen LogP contribution in [-0.4, -0.2) is 17.4 Å². The summed E-state index contributed by atoms with van der Waals surface area (Å²) in [6, 6.07) is 2.16. The molecule has 1 rings (SSSR count). The van der Waals surface area contributed by atoms with E-state index in [1.54, 1.807) is 12.1 Å². The molecule has 0 saturated heterocycles. The van der Waals surface area contributed by atoms with E-state index in [2.05, 4.69) is 0 Å². The molecule has 0 aliphatic rings. The Hall–Kier alpha value is -1.68. The highest BCUT2D eigenvalue weighted by Crippen LogP contribution is 2.20. The molecule has 0 heterocycles. The summed E-state index contributed by atoms with van der Waals surface area (Å²) in [6.07, 6.45) is 0.630. The molecule has 0 bridgehead atoms. The summed E-state index contributed by atoms with van der Waals surface area (Å²) in [4.78, 5) is 21.5. The number of carbonyl (C=O) groups is 2. The molecule has 0 radical (unpaired) electrons. The fourth-order valence-electron chi connectivity index (χ4n) is 1.37. The van der Waals surface area contributed by atoms with Gasteiger partial charge >= 0.3 is 5.97 Å². The fraction of sp³-hybridized carbons (Fsp3) is 0.273. The van der Waals surface area contributed by atoms with Gasteiger partial charge in [0, 0.05) is 5.56 Å². The normalized spacial score (nSPS) is 12.2. The van der Waals surface area contributed by atoms with Crippen molar-refractivity contribution in [2.24, 2.45) is 5.73 Å². The van der Waals surface area contributed by atoms with Gasteiger partial charge in [0.1, 0.15) is 12.3 Å². The number of carboxylic acid groups (broad SMARTS) is 1. The average molecular weight is 207 g/mol. The van der Waals surface area contributed by atoms with Gasteiger partial charge in [0.05, 0.1) is 0 Å². The molecule has 0 fully saturated rings. The first-order chi connectivity index (χ1) is 6.97. The zero-order valence-corrected chi connectivity index (χ0v) is 8.65. The second-order valence-electron chi connectivity index (χ2n) is 3.50. The highest BCUT2D eigenvalue weighted by atomic mass is 16.4. The van der Waals surface area contributed by atoms with Crippen LogP contribution in [0.15, 0.2) is 12.1 Å². The minimum atomic E-state index is -1.15. The molecule has 0 spiro atoms. The highest BCUT2D eigenvalue weighted by molar-refractivity contribution is 5.84. The molecular formula is C11H13NO3. The number of hydrogen-bond donors (Lipinski definition) is 2. The van der Waals surface area contributed by atoms with E-state index in [4.69, 9.17) is 10.8 Å². The van der Waals surface area contributed by atoms with Crippen molar-refractivity contribution in [2.75, 3.05) is 0 Å². The zero-order chi connectivity index (χ0) is 11.6. The fourth-order valence-corrected chi connectivity index (χ4v) is 1.37. The lowest BCUT2D eigenvalue weighted by Gasteiger charge is -2.12. The second-order valence-corrected chi connectivity index (χ2v) is 3.50. The summed E-state index contributed by atoms with van der Waals surface area (Å²) in [7, 11) is 0. The lowest BCUT2D eigenvalue weighted by molar-refractivity contribution is -0.138. The van der Waals surface area contributed by atoms with Crippen LogP contribution in [0.4, 0.5) is 0 Å². The van der Waals surface area contributed by atoms with Gasteiger partial charge in [-0.15, -0.1) is 0 Å². The van der Waals surface area contributed by atoms with Gasteiger partial charge in [-0.3, -0.25) is 9.59 Å². The molecule has 1 atom stereocenters. The van der Waals surface area contributed by atoms with E-state index in [0.29, 0.717) is 17.4 Å². The van der Waals surface area contributed by atoms with Crippen molar-refractivity contribution in [3.05, 3.63) is 34.4 Å². The van der Waals surface area contributed by atoms with Crippen LogP contribution in [0.2, 0.25) is 0 Å². The molecular weight excluding hydrogens is 194 g/mol. The summed E-state index contributed by atoms with van der Waals surface area (Å²) in [6.45, 7) is 3.71. The highest BCUT2D eigenvalue weighted by Gasteiger charge is 2.18. The molecule has 0 aliphatic heterocycles. The maximum atomic E-state index is 10.8. The topological polar surface area (TPSA) is 80.4 Å². The number of nitrogens with two attached hydrogens (primary N) is 1. The van der Waals surface area contributed by atoms with E-state index in [9.17, 15) is 9.59 Å². The molecule has 0 saturated carbocycles. The van der Waals surface area contributed by atoms with E-state index in [1.165, 1.54) is 0 Å². The molecule has 15 heavy (non-hydrogen) atoms. The van der Waals surface area contributed by atoms with Crippen LogP contribution >= 0.6 is 0 Å². The number of hydrogen-bond acceptors (Lipinski definition) is 3. The van der Waals surface area contributed by atoms with Crippen molar-refractivity contribution in [2.45, 2.75) is 19.9 Å². The second kappa shape index (κ2) is 4.23. The Kier molecular flexibility index (Phi) is 3.21. The SMILES string of the molecule is Cc1cc(C=O)c(C(N)C(=O)O)cc1C. The molecule has 4 nitrogen and oxygen atoms in total. The standard InChI is InChI=1S/C11H13NO3/c1-6-3-8(5-13)9(4-7(6)2)10(12)11(14)15/h3-5,10H,12H2,1-2H3,(H,14,15). The molecule has 1 aromatic rings. The van der Waals surface area contributed by atoms with Crippen LogP contribution in [0.25, 0.3) is 0 Å². The summed E-state index contributed by atoms with van der Waals surface area (Å²) in [5.74, 6) is -1.14. The predicted octanol–water partition coefficient (Wildman–Crippen LogP) is 1.20. The summed E-state index contributed by atoms with van der Waals surface area (Å²) in [5.41, 5.74) is 8.04. The molecule has 4 heteroatoms. The molecule has 0 aliphatic carbocycles. The Labute approximate surface area is 87.7 Å². The monoisotopic (exact) mass is 207 g/mol. The van der Waals surface area contributed by atoms with Gasteiger partial charge in [0.2, 0.25) is 0 Å².